The van der Waals surface area contributed by atoms with E-state index in [4.69, 9.17) is 16.3 Å². The summed E-state index contributed by atoms with van der Waals surface area (Å²) in [6.07, 6.45) is 0. The molecule has 2 aromatic rings. The van der Waals surface area contributed by atoms with Gasteiger partial charge in [0, 0.05) is 5.02 Å². The molecule has 0 radical (unpaired) electrons. The number of ether oxygens (including phenoxy) is 2. The predicted octanol–water partition coefficient (Wildman–Crippen LogP) is 3.09. The van der Waals surface area contributed by atoms with Gasteiger partial charge in [0.15, 0.2) is 10.9 Å². The number of esters is 1. The Morgan fingerprint density at radius 1 is 1.28 bits per heavy atom. The summed E-state index contributed by atoms with van der Waals surface area (Å²) >= 11 is 8.46. The summed E-state index contributed by atoms with van der Waals surface area (Å²) in [5.41, 5.74) is 1.77. The number of aryl methyl sites for hydroxylation is 2. The van der Waals surface area contributed by atoms with Crippen LogP contribution in [0.1, 0.15) is 11.1 Å². The normalized spacial score (nSPS) is 10.4. The molecule has 0 aliphatic heterocycles. The molecule has 1 N–H and O–H groups in total. The van der Waals surface area contributed by atoms with E-state index >= 15 is 0 Å². The highest BCUT2D eigenvalue weighted by atomic mass is 35.5. The number of amides is 1. The van der Waals surface area contributed by atoms with Crippen molar-refractivity contribution >= 4 is 51.7 Å². The fourth-order valence-corrected chi connectivity index (χ4v) is 3.50. The molecule has 0 bridgehead atoms. The third-order valence-corrected chi connectivity index (χ3v) is 5.52. The molecule has 10 heteroatoms. The van der Waals surface area contributed by atoms with E-state index in [1.165, 1.54) is 30.2 Å². The van der Waals surface area contributed by atoms with Crippen molar-refractivity contribution in [2.45, 2.75) is 18.2 Å². The van der Waals surface area contributed by atoms with Crippen LogP contribution in [0.25, 0.3) is 0 Å². The van der Waals surface area contributed by atoms with Gasteiger partial charge in [-0.05, 0) is 37.1 Å². The topological polar surface area (TPSA) is 90.4 Å². The highest BCUT2D eigenvalue weighted by molar-refractivity contribution is 8.01. The number of carbonyl (C=O) groups is 2. The summed E-state index contributed by atoms with van der Waals surface area (Å²) in [6.45, 7) is 3.58. The molecule has 25 heavy (non-hydrogen) atoms. The minimum Gasteiger partial charge on any atom is -0.484 e. The number of rotatable bonds is 7. The van der Waals surface area contributed by atoms with Gasteiger partial charge in [-0.1, -0.05) is 34.7 Å². The molecule has 0 saturated heterocycles. The van der Waals surface area contributed by atoms with Gasteiger partial charge in [0.1, 0.15) is 5.75 Å². The quantitative estimate of drug-likeness (QED) is 0.433. The average molecular weight is 402 g/mol. The smallest absolute Gasteiger partial charge is 0.316 e. The first-order chi connectivity index (χ1) is 11.9. The highest BCUT2D eigenvalue weighted by Gasteiger charge is 2.11. The molecule has 0 spiro atoms. The van der Waals surface area contributed by atoms with Gasteiger partial charge in [0.05, 0.1) is 12.9 Å². The van der Waals surface area contributed by atoms with E-state index in [9.17, 15) is 9.59 Å². The SMILES string of the molecule is COC(=O)CSc1nnc(NC(=O)COc2cc(C)c(Cl)c(C)c2)s1. The van der Waals surface area contributed by atoms with Gasteiger partial charge < -0.3 is 9.47 Å². The fourth-order valence-electron chi connectivity index (χ4n) is 1.79. The van der Waals surface area contributed by atoms with Crippen LogP contribution in [0.4, 0.5) is 5.13 Å². The molecule has 0 aliphatic carbocycles. The molecule has 0 unspecified atom stereocenters. The lowest BCUT2D eigenvalue weighted by molar-refractivity contribution is -0.137. The van der Waals surface area contributed by atoms with Gasteiger partial charge in [0.2, 0.25) is 5.13 Å². The zero-order valence-electron chi connectivity index (χ0n) is 13.8. The number of nitrogens with zero attached hydrogens (tertiary/aromatic N) is 2. The van der Waals surface area contributed by atoms with Gasteiger partial charge in [-0.2, -0.15) is 0 Å². The first kappa shape index (κ1) is 19.5. The van der Waals surface area contributed by atoms with Crippen LogP contribution in [-0.4, -0.2) is 41.5 Å². The third-order valence-electron chi connectivity index (χ3n) is 2.97. The molecule has 0 aliphatic rings. The number of anilines is 1. The highest BCUT2D eigenvalue weighted by Crippen LogP contribution is 2.27. The van der Waals surface area contributed by atoms with Gasteiger partial charge in [-0.15, -0.1) is 10.2 Å². The number of carbonyl (C=O) groups excluding carboxylic acids is 2. The van der Waals surface area contributed by atoms with Crippen LogP contribution in [0.15, 0.2) is 16.5 Å². The molecule has 134 valence electrons. The van der Waals surface area contributed by atoms with E-state index < -0.39 is 0 Å². The molecule has 0 saturated carbocycles. The van der Waals surface area contributed by atoms with Crippen molar-refractivity contribution < 1.29 is 19.1 Å². The maximum absolute atomic E-state index is 11.9. The Bertz CT molecular complexity index is 759. The number of benzene rings is 1. The van der Waals surface area contributed by atoms with Crippen LogP contribution in [0.2, 0.25) is 5.02 Å². The van der Waals surface area contributed by atoms with Crippen molar-refractivity contribution in [3.05, 3.63) is 28.3 Å². The Hall–Kier alpha value is -1.84. The summed E-state index contributed by atoms with van der Waals surface area (Å²) in [5, 5.41) is 11.3. The molecule has 1 amide bonds. The third kappa shape index (κ3) is 5.87. The summed E-state index contributed by atoms with van der Waals surface area (Å²) < 4.78 is 10.6. The predicted molar refractivity (Wildman–Crippen MR) is 97.7 cm³/mol. The molecule has 2 rings (SSSR count). The maximum atomic E-state index is 11.9. The monoisotopic (exact) mass is 401 g/mol. The second kappa shape index (κ2) is 9.02. The van der Waals surface area contributed by atoms with E-state index in [0.29, 0.717) is 20.2 Å². The van der Waals surface area contributed by atoms with Crippen molar-refractivity contribution in [2.24, 2.45) is 0 Å². The fraction of sp³-hybridized carbons (Fsp3) is 0.333. The Morgan fingerprint density at radius 2 is 1.96 bits per heavy atom. The van der Waals surface area contributed by atoms with Crippen LogP contribution in [0.3, 0.4) is 0 Å². The van der Waals surface area contributed by atoms with Crippen molar-refractivity contribution in [2.75, 3.05) is 24.8 Å². The van der Waals surface area contributed by atoms with Gasteiger partial charge in [-0.3, -0.25) is 14.9 Å². The average Bonchev–Trinajstić information content (AvgIpc) is 3.02. The van der Waals surface area contributed by atoms with Crippen LogP contribution in [0, 0.1) is 13.8 Å². The lowest BCUT2D eigenvalue weighted by Crippen LogP contribution is -2.20. The van der Waals surface area contributed by atoms with Gasteiger partial charge in [-0.25, -0.2) is 0 Å². The molecule has 0 fully saturated rings. The number of thioether (sulfide) groups is 1. The molecular formula is C15H16ClN3O4S2. The van der Waals surface area contributed by atoms with Crippen molar-refractivity contribution in [3.63, 3.8) is 0 Å². The summed E-state index contributed by atoms with van der Waals surface area (Å²) in [4.78, 5) is 23.0. The van der Waals surface area contributed by atoms with Gasteiger partial charge >= 0.3 is 5.97 Å². The zero-order valence-corrected chi connectivity index (χ0v) is 16.2. The number of hydrogen-bond acceptors (Lipinski definition) is 8. The number of hydrogen-bond donors (Lipinski definition) is 1. The number of methoxy groups -OCH3 is 1. The van der Waals surface area contributed by atoms with E-state index in [1.807, 2.05) is 13.8 Å². The van der Waals surface area contributed by atoms with Crippen molar-refractivity contribution in [1.29, 1.82) is 0 Å². The van der Waals surface area contributed by atoms with Gasteiger partial charge in [0.25, 0.3) is 5.91 Å². The Kier molecular flexibility index (Phi) is 7.03. The first-order valence-electron chi connectivity index (χ1n) is 7.11. The second-order valence-electron chi connectivity index (χ2n) is 4.95. The van der Waals surface area contributed by atoms with Crippen LogP contribution >= 0.6 is 34.7 Å². The molecule has 1 aromatic carbocycles. The van der Waals surface area contributed by atoms with Crippen LogP contribution < -0.4 is 10.1 Å². The first-order valence-corrected chi connectivity index (χ1v) is 9.29. The molecule has 7 nitrogen and oxygen atoms in total. The van der Waals surface area contributed by atoms with E-state index in [0.717, 1.165) is 11.1 Å². The standard InChI is InChI=1S/C15H16ClN3O4S2/c1-8-4-10(5-9(2)13(8)16)23-6-11(20)17-14-18-19-15(25-14)24-7-12(21)22-3/h4-5H,6-7H2,1-3H3,(H,17,18,20). The van der Waals surface area contributed by atoms with E-state index in [2.05, 4.69) is 20.3 Å². The molecule has 1 heterocycles. The summed E-state index contributed by atoms with van der Waals surface area (Å²) in [6, 6.07) is 3.55. The Labute approximate surface area is 158 Å². The van der Waals surface area contributed by atoms with E-state index in [-0.39, 0.29) is 24.2 Å². The van der Waals surface area contributed by atoms with Crippen LogP contribution in [0.5, 0.6) is 5.75 Å². The molecule has 0 atom stereocenters. The lowest BCUT2D eigenvalue weighted by Gasteiger charge is -2.09. The molecular weight excluding hydrogens is 386 g/mol. The zero-order chi connectivity index (χ0) is 18.4. The minimum absolute atomic E-state index is 0.136. The second-order valence-corrected chi connectivity index (χ2v) is 7.52. The van der Waals surface area contributed by atoms with E-state index in [1.54, 1.807) is 12.1 Å². The minimum atomic E-state index is -0.356. The summed E-state index contributed by atoms with van der Waals surface area (Å²) in [7, 11) is 1.32. The van der Waals surface area contributed by atoms with Crippen LogP contribution in [-0.2, 0) is 14.3 Å². The molecule has 1 aromatic heterocycles. The number of aromatic nitrogens is 2. The van der Waals surface area contributed by atoms with Crippen molar-refractivity contribution in [3.8, 4) is 5.75 Å². The largest absolute Gasteiger partial charge is 0.484 e. The maximum Gasteiger partial charge on any atom is 0.316 e. The summed E-state index contributed by atoms with van der Waals surface area (Å²) in [5.74, 6) is -0.00271. The lowest BCUT2D eigenvalue weighted by atomic mass is 10.1. The number of nitrogens with one attached hydrogen (secondary N) is 1. The Balaban J connectivity index is 1.84. The Morgan fingerprint density at radius 3 is 2.60 bits per heavy atom. The number of halogens is 1. The van der Waals surface area contributed by atoms with Crippen molar-refractivity contribution in [1.82, 2.24) is 10.2 Å².